The first-order valence-electron chi connectivity index (χ1n) is 6.02. The maximum absolute atomic E-state index is 12.2. The van der Waals surface area contributed by atoms with Gasteiger partial charge in [0.1, 0.15) is 5.75 Å². The molecule has 21 heavy (non-hydrogen) atoms. The molecule has 0 saturated heterocycles. The van der Waals surface area contributed by atoms with Crippen molar-refractivity contribution in [2.75, 3.05) is 20.7 Å². The van der Waals surface area contributed by atoms with E-state index in [2.05, 4.69) is 0 Å². The van der Waals surface area contributed by atoms with E-state index in [-0.39, 0.29) is 11.4 Å². The minimum Gasteiger partial charge on any atom is -0.496 e. The summed E-state index contributed by atoms with van der Waals surface area (Å²) in [5.41, 5.74) is 5.95. The molecule has 1 aromatic carbocycles. The molecule has 0 radical (unpaired) electrons. The zero-order chi connectivity index (χ0) is 16.3. The van der Waals surface area contributed by atoms with E-state index in [1.54, 1.807) is 0 Å². The molecule has 120 valence electrons. The average molecular weight is 326 g/mol. The van der Waals surface area contributed by atoms with E-state index in [9.17, 15) is 21.6 Å². The first-order valence-corrected chi connectivity index (χ1v) is 7.46. The molecule has 1 aromatic rings. The van der Waals surface area contributed by atoms with E-state index >= 15 is 0 Å². The van der Waals surface area contributed by atoms with Crippen LogP contribution in [-0.2, 0) is 16.6 Å². The van der Waals surface area contributed by atoms with Crippen molar-refractivity contribution in [1.29, 1.82) is 0 Å². The van der Waals surface area contributed by atoms with Gasteiger partial charge in [-0.25, -0.2) is 12.7 Å². The molecule has 0 aliphatic carbocycles. The third-order valence-electron chi connectivity index (χ3n) is 2.89. The maximum atomic E-state index is 12.2. The number of sulfonamides is 1. The van der Waals surface area contributed by atoms with Crippen molar-refractivity contribution in [2.45, 2.75) is 24.0 Å². The Hall–Kier alpha value is -1.32. The number of nitrogens with two attached hydrogens (primary N) is 1. The summed E-state index contributed by atoms with van der Waals surface area (Å²) in [5.74, 6) is 0.425. The monoisotopic (exact) mass is 326 g/mol. The van der Waals surface area contributed by atoms with Gasteiger partial charge in [-0.3, -0.25) is 0 Å². The molecule has 0 unspecified atom stereocenters. The lowest BCUT2D eigenvalue weighted by Gasteiger charge is -2.19. The lowest BCUT2D eigenvalue weighted by Crippen LogP contribution is -2.30. The summed E-state index contributed by atoms with van der Waals surface area (Å²) in [7, 11) is -1.48. The van der Waals surface area contributed by atoms with Gasteiger partial charge in [0, 0.05) is 25.7 Å². The zero-order valence-electron chi connectivity index (χ0n) is 11.6. The Balaban J connectivity index is 3.02. The molecule has 0 saturated carbocycles. The number of alkyl halides is 3. The molecule has 1 rings (SSSR count). The summed E-state index contributed by atoms with van der Waals surface area (Å²) >= 11 is 0. The molecule has 5 nitrogen and oxygen atoms in total. The fraction of sp³-hybridized carbons (Fsp3) is 0.500. The minimum absolute atomic E-state index is 0.0544. The summed E-state index contributed by atoms with van der Waals surface area (Å²) < 4.78 is 66.6. The molecule has 0 heterocycles. The topological polar surface area (TPSA) is 72.6 Å². The molecule has 2 N–H and O–H groups in total. The number of halogens is 3. The van der Waals surface area contributed by atoms with Crippen molar-refractivity contribution in [3.63, 3.8) is 0 Å². The van der Waals surface area contributed by atoms with Gasteiger partial charge in [0.2, 0.25) is 10.0 Å². The number of methoxy groups -OCH3 is 1. The fourth-order valence-electron chi connectivity index (χ4n) is 1.66. The standard InChI is InChI=1S/C12H17F3N2O3S/c1-17(6-5-12(13,14)15)21(18,19)10-3-4-11(20-2)9(7-10)8-16/h3-4,7H,5-6,8,16H2,1-2H3. The highest BCUT2D eigenvalue weighted by molar-refractivity contribution is 7.89. The second kappa shape index (κ2) is 6.63. The molecular formula is C12H17F3N2O3S. The van der Waals surface area contributed by atoms with E-state index in [1.807, 2.05) is 0 Å². The summed E-state index contributed by atoms with van der Waals surface area (Å²) in [5, 5.41) is 0. The molecule has 0 atom stereocenters. The van der Waals surface area contributed by atoms with Crippen LogP contribution in [0.5, 0.6) is 5.75 Å². The van der Waals surface area contributed by atoms with Crippen LogP contribution in [0, 0.1) is 0 Å². The molecule has 0 aliphatic heterocycles. The second-order valence-electron chi connectivity index (χ2n) is 4.37. The Morgan fingerprint density at radius 1 is 1.33 bits per heavy atom. The van der Waals surface area contributed by atoms with Crippen molar-refractivity contribution in [3.05, 3.63) is 23.8 Å². The van der Waals surface area contributed by atoms with Crippen LogP contribution in [0.25, 0.3) is 0 Å². The third kappa shape index (κ3) is 4.58. The average Bonchev–Trinajstić information content (AvgIpc) is 2.42. The van der Waals surface area contributed by atoms with Crippen LogP contribution >= 0.6 is 0 Å². The van der Waals surface area contributed by atoms with Crippen molar-refractivity contribution in [3.8, 4) is 5.75 Å². The smallest absolute Gasteiger partial charge is 0.390 e. The number of benzene rings is 1. The lowest BCUT2D eigenvalue weighted by atomic mass is 10.2. The second-order valence-corrected chi connectivity index (χ2v) is 6.41. The van der Waals surface area contributed by atoms with Crippen molar-refractivity contribution in [1.82, 2.24) is 4.31 Å². The largest absolute Gasteiger partial charge is 0.496 e. The molecule has 9 heteroatoms. The Kier molecular flexibility index (Phi) is 5.60. The number of hydrogen-bond acceptors (Lipinski definition) is 4. The normalized spacial score (nSPS) is 12.7. The summed E-state index contributed by atoms with van der Waals surface area (Å²) in [4.78, 5) is -0.117. The van der Waals surface area contributed by atoms with Gasteiger partial charge in [-0.15, -0.1) is 0 Å². The van der Waals surface area contributed by atoms with Gasteiger partial charge in [0.25, 0.3) is 0 Å². The van der Waals surface area contributed by atoms with E-state index in [0.717, 1.165) is 7.05 Å². The molecular weight excluding hydrogens is 309 g/mol. The van der Waals surface area contributed by atoms with Gasteiger partial charge in [-0.05, 0) is 18.2 Å². The Bertz CT molecular complexity index is 588. The first kappa shape index (κ1) is 17.7. The van der Waals surface area contributed by atoms with Crippen LogP contribution in [-0.4, -0.2) is 39.6 Å². The van der Waals surface area contributed by atoms with Gasteiger partial charge in [-0.2, -0.15) is 13.2 Å². The van der Waals surface area contributed by atoms with Gasteiger partial charge in [0.15, 0.2) is 0 Å². The highest BCUT2D eigenvalue weighted by Crippen LogP contribution is 2.25. The Labute approximate surface area is 121 Å². The number of nitrogens with zero attached hydrogens (tertiary/aromatic N) is 1. The van der Waals surface area contributed by atoms with Gasteiger partial charge < -0.3 is 10.5 Å². The lowest BCUT2D eigenvalue weighted by molar-refractivity contribution is -0.135. The predicted molar refractivity (Wildman–Crippen MR) is 71.4 cm³/mol. The van der Waals surface area contributed by atoms with Crippen molar-refractivity contribution >= 4 is 10.0 Å². The molecule has 0 aliphatic rings. The molecule has 0 amide bonds. The van der Waals surface area contributed by atoms with E-state index < -0.39 is 29.2 Å². The third-order valence-corrected chi connectivity index (χ3v) is 4.74. The molecule has 0 spiro atoms. The van der Waals surface area contributed by atoms with E-state index in [1.165, 1.54) is 25.3 Å². The van der Waals surface area contributed by atoms with E-state index in [4.69, 9.17) is 10.5 Å². The zero-order valence-corrected chi connectivity index (χ0v) is 12.5. The van der Waals surface area contributed by atoms with Crippen LogP contribution < -0.4 is 10.5 Å². The molecule has 0 fully saturated rings. The number of rotatable bonds is 6. The maximum Gasteiger partial charge on any atom is 0.390 e. The molecule has 0 aromatic heterocycles. The first-order chi connectivity index (χ1) is 9.61. The van der Waals surface area contributed by atoms with Crippen LogP contribution in [0.4, 0.5) is 13.2 Å². The Morgan fingerprint density at radius 3 is 2.43 bits per heavy atom. The number of hydrogen-bond donors (Lipinski definition) is 1. The van der Waals surface area contributed by atoms with Crippen LogP contribution in [0.3, 0.4) is 0 Å². The van der Waals surface area contributed by atoms with Crippen molar-refractivity contribution < 1.29 is 26.3 Å². The highest BCUT2D eigenvalue weighted by Gasteiger charge is 2.30. The van der Waals surface area contributed by atoms with Crippen LogP contribution in [0.15, 0.2) is 23.1 Å². The number of ether oxygens (including phenoxy) is 1. The summed E-state index contributed by atoms with van der Waals surface area (Å²) in [6.45, 7) is -0.589. The minimum atomic E-state index is -4.41. The van der Waals surface area contributed by atoms with Crippen LogP contribution in [0.1, 0.15) is 12.0 Å². The van der Waals surface area contributed by atoms with Crippen molar-refractivity contribution in [2.24, 2.45) is 5.73 Å². The van der Waals surface area contributed by atoms with Gasteiger partial charge in [-0.1, -0.05) is 0 Å². The Morgan fingerprint density at radius 2 is 1.95 bits per heavy atom. The SMILES string of the molecule is COc1ccc(S(=O)(=O)N(C)CCC(F)(F)F)cc1CN. The summed E-state index contributed by atoms with van der Waals surface area (Å²) in [6.07, 6.45) is -5.62. The van der Waals surface area contributed by atoms with Crippen LogP contribution in [0.2, 0.25) is 0 Å². The van der Waals surface area contributed by atoms with Gasteiger partial charge >= 0.3 is 6.18 Å². The molecule has 0 bridgehead atoms. The quantitative estimate of drug-likeness (QED) is 0.864. The fourth-order valence-corrected chi connectivity index (χ4v) is 2.88. The summed E-state index contributed by atoms with van der Waals surface area (Å²) in [6, 6.07) is 4.00. The van der Waals surface area contributed by atoms with E-state index in [0.29, 0.717) is 15.6 Å². The predicted octanol–water partition coefficient (Wildman–Crippen LogP) is 1.73. The van der Waals surface area contributed by atoms with Gasteiger partial charge in [0.05, 0.1) is 18.4 Å². The highest BCUT2D eigenvalue weighted by atomic mass is 32.2.